The number of quaternary nitrogens is 1. The molecule has 1 amide bonds. The summed E-state index contributed by atoms with van der Waals surface area (Å²) in [5, 5.41) is 2.78. The zero-order chi connectivity index (χ0) is 15.2. The van der Waals surface area contributed by atoms with Gasteiger partial charge in [0.15, 0.2) is 6.54 Å². The van der Waals surface area contributed by atoms with Crippen LogP contribution in [0.15, 0.2) is 24.3 Å². The van der Waals surface area contributed by atoms with Crippen molar-refractivity contribution in [1.29, 1.82) is 0 Å². The van der Waals surface area contributed by atoms with E-state index in [0.29, 0.717) is 12.2 Å². The van der Waals surface area contributed by atoms with Crippen molar-refractivity contribution in [2.24, 2.45) is 5.92 Å². The molecule has 0 radical (unpaired) electrons. The van der Waals surface area contributed by atoms with E-state index in [-0.39, 0.29) is 11.7 Å². The van der Waals surface area contributed by atoms with Crippen LogP contribution in [0.3, 0.4) is 0 Å². The Kier molecular flexibility index (Phi) is 5.50. The molecule has 116 valence electrons. The largest absolute Gasteiger partial charge is 0.435 e. The molecule has 1 aromatic rings. The first-order chi connectivity index (χ1) is 10.0. The summed E-state index contributed by atoms with van der Waals surface area (Å²) in [4.78, 5) is 13.2. The number of rotatable bonds is 5. The Labute approximate surface area is 123 Å². The summed E-state index contributed by atoms with van der Waals surface area (Å²) in [6, 6.07) is 5.95. The molecule has 0 atom stereocenters. The van der Waals surface area contributed by atoms with Crippen LogP contribution in [0.4, 0.5) is 14.5 Å². The molecule has 21 heavy (non-hydrogen) atoms. The van der Waals surface area contributed by atoms with E-state index < -0.39 is 6.61 Å². The van der Waals surface area contributed by atoms with Crippen molar-refractivity contribution in [2.75, 3.05) is 25.0 Å². The molecule has 0 saturated carbocycles. The van der Waals surface area contributed by atoms with Gasteiger partial charge in [-0.25, -0.2) is 0 Å². The molecule has 2 rings (SSSR count). The average Bonchev–Trinajstić information content (AvgIpc) is 2.43. The standard InChI is InChI=1S/C15H20F2N2O2/c1-11-6-8-19(9-7-11)10-14(20)18-12-2-4-13(5-3-12)21-15(16)17/h2-5,11,15H,6-10H2,1H3,(H,18,20)/p+1. The van der Waals surface area contributed by atoms with Crippen molar-refractivity contribution in [3.05, 3.63) is 24.3 Å². The van der Waals surface area contributed by atoms with Gasteiger partial charge in [-0.15, -0.1) is 0 Å². The van der Waals surface area contributed by atoms with Gasteiger partial charge in [-0.3, -0.25) is 4.79 Å². The first-order valence-corrected chi connectivity index (χ1v) is 7.21. The highest BCUT2D eigenvalue weighted by Crippen LogP contribution is 2.17. The number of likely N-dealkylation sites (tertiary alicyclic amines) is 1. The van der Waals surface area contributed by atoms with Crippen LogP contribution in [0, 0.1) is 5.92 Å². The highest BCUT2D eigenvalue weighted by molar-refractivity contribution is 5.91. The van der Waals surface area contributed by atoms with Gasteiger partial charge >= 0.3 is 6.61 Å². The number of hydrogen-bond donors (Lipinski definition) is 2. The van der Waals surface area contributed by atoms with Crippen molar-refractivity contribution < 1.29 is 23.2 Å². The number of halogens is 2. The Bertz CT molecular complexity index is 457. The van der Waals surface area contributed by atoms with Crippen LogP contribution in [0.25, 0.3) is 0 Å². The summed E-state index contributed by atoms with van der Waals surface area (Å²) < 4.78 is 28.3. The summed E-state index contributed by atoms with van der Waals surface area (Å²) in [5.41, 5.74) is 0.589. The molecule has 6 heteroatoms. The molecule has 1 heterocycles. The van der Waals surface area contributed by atoms with Gasteiger partial charge in [0.1, 0.15) is 5.75 Å². The molecule has 2 N–H and O–H groups in total. The van der Waals surface area contributed by atoms with Crippen LogP contribution < -0.4 is 15.0 Å². The Morgan fingerprint density at radius 3 is 2.52 bits per heavy atom. The molecule has 0 unspecified atom stereocenters. The monoisotopic (exact) mass is 299 g/mol. The second-order valence-corrected chi connectivity index (χ2v) is 5.56. The number of nitrogens with one attached hydrogen (secondary N) is 2. The topological polar surface area (TPSA) is 42.8 Å². The van der Waals surface area contributed by atoms with E-state index in [2.05, 4.69) is 17.0 Å². The fraction of sp³-hybridized carbons (Fsp3) is 0.533. The highest BCUT2D eigenvalue weighted by Gasteiger charge is 2.21. The maximum atomic E-state index is 12.0. The fourth-order valence-corrected chi connectivity index (χ4v) is 2.50. The van der Waals surface area contributed by atoms with Crippen molar-refractivity contribution in [1.82, 2.24) is 0 Å². The van der Waals surface area contributed by atoms with Gasteiger partial charge in [-0.1, -0.05) is 6.92 Å². The summed E-state index contributed by atoms with van der Waals surface area (Å²) in [6.07, 6.45) is 2.31. The lowest BCUT2D eigenvalue weighted by atomic mass is 9.99. The molecule has 1 aliphatic heterocycles. The third kappa shape index (κ3) is 5.30. The predicted octanol–water partition coefficient (Wildman–Crippen LogP) is 1.54. The fourth-order valence-electron chi connectivity index (χ4n) is 2.50. The Balaban J connectivity index is 1.79. The summed E-state index contributed by atoms with van der Waals surface area (Å²) in [6.45, 7) is 1.89. The number of ether oxygens (including phenoxy) is 1. The van der Waals surface area contributed by atoms with Gasteiger partial charge in [-0.05, 0) is 43.0 Å². The summed E-state index contributed by atoms with van der Waals surface area (Å²) in [7, 11) is 0. The number of carbonyl (C=O) groups excluding carboxylic acids is 1. The molecule has 0 spiro atoms. The van der Waals surface area contributed by atoms with Crippen molar-refractivity contribution in [2.45, 2.75) is 26.4 Å². The summed E-state index contributed by atoms with van der Waals surface area (Å²) in [5.74, 6) is 0.778. The van der Waals surface area contributed by atoms with E-state index in [0.717, 1.165) is 31.8 Å². The molecule has 0 bridgehead atoms. The molecule has 1 fully saturated rings. The Morgan fingerprint density at radius 1 is 1.33 bits per heavy atom. The first-order valence-electron chi connectivity index (χ1n) is 7.21. The molecule has 4 nitrogen and oxygen atoms in total. The van der Waals surface area contributed by atoms with E-state index in [1.807, 2.05) is 0 Å². The molecule has 1 aliphatic rings. The predicted molar refractivity (Wildman–Crippen MR) is 75.7 cm³/mol. The maximum absolute atomic E-state index is 12.0. The van der Waals surface area contributed by atoms with Crippen molar-refractivity contribution in [3.63, 3.8) is 0 Å². The minimum Gasteiger partial charge on any atom is -0.435 e. The van der Waals surface area contributed by atoms with Crippen LogP contribution in [0.1, 0.15) is 19.8 Å². The Hall–Kier alpha value is -1.69. The maximum Gasteiger partial charge on any atom is 0.387 e. The smallest absolute Gasteiger partial charge is 0.387 e. The van der Waals surface area contributed by atoms with E-state index in [1.165, 1.54) is 17.0 Å². The number of hydrogen-bond acceptors (Lipinski definition) is 2. The SMILES string of the molecule is CC1CC[NH+](CC(=O)Nc2ccc(OC(F)F)cc2)CC1. The lowest BCUT2D eigenvalue weighted by Crippen LogP contribution is -3.14. The summed E-state index contributed by atoms with van der Waals surface area (Å²) >= 11 is 0. The second kappa shape index (κ2) is 7.36. The lowest BCUT2D eigenvalue weighted by molar-refractivity contribution is -0.897. The van der Waals surface area contributed by atoms with Gasteiger partial charge in [0.05, 0.1) is 13.1 Å². The van der Waals surface area contributed by atoms with Gasteiger partial charge in [-0.2, -0.15) is 8.78 Å². The molecule has 1 aromatic carbocycles. The van der Waals surface area contributed by atoms with Gasteiger partial charge < -0.3 is 15.0 Å². The molecule has 0 aromatic heterocycles. The number of alkyl halides is 2. The van der Waals surface area contributed by atoms with Gasteiger partial charge in [0, 0.05) is 5.69 Å². The van der Waals surface area contributed by atoms with E-state index in [4.69, 9.17) is 0 Å². The van der Waals surface area contributed by atoms with Crippen LogP contribution in [-0.4, -0.2) is 32.2 Å². The van der Waals surface area contributed by atoms with E-state index in [1.54, 1.807) is 12.1 Å². The molecular weight excluding hydrogens is 278 g/mol. The number of piperidine rings is 1. The van der Waals surface area contributed by atoms with Crippen LogP contribution in [0.5, 0.6) is 5.75 Å². The number of anilines is 1. The number of benzene rings is 1. The first kappa shape index (κ1) is 15.7. The van der Waals surface area contributed by atoms with E-state index >= 15 is 0 Å². The number of carbonyl (C=O) groups is 1. The van der Waals surface area contributed by atoms with Crippen LogP contribution >= 0.6 is 0 Å². The number of amides is 1. The average molecular weight is 299 g/mol. The lowest BCUT2D eigenvalue weighted by Gasteiger charge is -2.26. The third-order valence-corrected chi connectivity index (χ3v) is 3.76. The molecule has 1 saturated heterocycles. The zero-order valence-corrected chi connectivity index (χ0v) is 12.1. The van der Waals surface area contributed by atoms with Crippen molar-refractivity contribution in [3.8, 4) is 5.75 Å². The van der Waals surface area contributed by atoms with Gasteiger partial charge in [0.25, 0.3) is 5.91 Å². The van der Waals surface area contributed by atoms with Gasteiger partial charge in [0.2, 0.25) is 0 Å². The van der Waals surface area contributed by atoms with Crippen LogP contribution in [-0.2, 0) is 4.79 Å². The normalized spacial score (nSPS) is 22.1. The quantitative estimate of drug-likeness (QED) is 0.866. The second-order valence-electron chi connectivity index (χ2n) is 5.56. The molecular formula is C15H21F2N2O2+. The van der Waals surface area contributed by atoms with Crippen LogP contribution in [0.2, 0.25) is 0 Å². The van der Waals surface area contributed by atoms with Crippen molar-refractivity contribution >= 4 is 11.6 Å². The third-order valence-electron chi connectivity index (χ3n) is 3.76. The minimum atomic E-state index is -2.84. The zero-order valence-electron chi connectivity index (χ0n) is 12.1. The van der Waals surface area contributed by atoms with E-state index in [9.17, 15) is 13.6 Å². The Morgan fingerprint density at radius 2 is 1.95 bits per heavy atom. The molecule has 0 aliphatic carbocycles. The minimum absolute atomic E-state index is 0.0536. The highest BCUT2D eigenvalue weighted by atomic mass is 19.3.